The van der Waals surface area contributed by atoms with Gasteiger partial charge < -0.3 is 15.6 Å². The van der Waals surface area contributed by atoms with E-state index in [1.165, 1.54) is 12.1 Å². The Labute approximate surface area is 163 Å². The van der Waals surface area contributed by atoms with Gasteiger partial charge in [0.1, 0.15) is 5.82 Å². The lowest BCUT2D eigenvalue weighted by molar-refractivity contribution is -0.127. The van der Waals surface area contributed by atoms with Crippen molar-refractivity contribution in [3.63, 3.8) is 0 Å². The zero-order valence-electron chi connectivity index (χ0n) is 16.0. The van der Waals surface area contributed by atoms with Crippen molar-refractivity contribution < 1.29 is 14.0 Å². The number of aryl methyl sites for hydroxylation is 2. The lowest BCUT2D eigenvalue weighted by Crippen LogP contribution is -2.38. The number of primary amides is 1. The minimum absolute atomic E-state index is 0.106. The molecular formula is C22H26FN3O2. The molecule has 2 aromatic rings. The number of fused-ring (bicyclic) bond motifs is 3. The molecule has 3 N–H and O–H groups in total. The van der Waals surface area contributed by atoms with E-state index in [1.54, 1.807) is 4.90 Å². The van der Waals surface area contributed by atoms with Crippen molar-refractivity contribution in [2.24, 2.45) is 5.73 Å². The first-order chi connectivity index (χ1) is 13.5. The van der Waals surface area contributed by atoms with Gasteiger partial charge in [-0.2, -0.15) is 0 Å². The Morgan fingerprint density at radius 2 is 2.04 bits per heavy atom. The summed E-state index contributed by atoms with van der Waals surface area (Å²) in [5.41, 5.74) is 9.26. The van der Waals surface area contributed by atoms with E-state index in [9.17, 15) is 9.59 Å². The fraction of sp³-hybridized carbons (Fsp3) is 0.455. The van der Waals surface area contributed by atoms with Gasteiger partial charge in [0.25, 0.3) is 5.91 Å². The number of aromatic nitrogens is 1. The minimum Gasteiger partial charge on any atom is -0.366 e. The highest BCUT2D eigenvalue weighted by molar-refractivity contribution is 6.07. The number of nitrogens with zero attached hydrogens (tertiary/aromatic N) is 1. The molecule has 2 amide bonds. The van der Waals surface area contributed by atoms with Gasteiger partial charge in [0.05, 0.1) is 11.1 Å². The summed E-state index contributed by atoms with van der Waals surface area (Å²) in [5.74, 6) is -1.25. The summed E-state index contributed by atoms with van der Waals surface area (Å²) in [6.07, 6.45) is 7.97. The van der Waals surface area contributed by atoms with Crippen molar-refractivity contribution in [3.8, 4) is 0 Å². The maximum absolute atomic E-state index is 15.3. The zero-order chi connectivity index (χ0) is 19.8. The predicted molar refractivity (Wildman–Crippen MR) is 107 cm³/mol. The molecule has 1 atom stereocenters. The minimum atomic E-state index is -0.626. The third-order valence-electron chi connectivity index (χ3n) is 6.19. The Morgan fingerprint density at radius 3 is 2.79 bits per heavy atom. The van der Waals surface area contributed by atoms with Crippen LogP contribution in [0.15, 0.2) is 18.7 Å². The molecule has 2 aliphatic rings. The molecule has 1 unspecified atom stereocenters. The van der Waals surface area contributed by atoms with Crippen LogP contribution in [-0.2, 0) is 17.6 Å². The molecule has 28 heavy (non-hydrogen) atoms. The van der Waals surface area contributed by atoms with Crippen LogP contribution in [0, 0.1) is 5.82 Å². The quantitative estimate of drug-likeness (QED) is 0.628. The van der Waals surface area contributed by atoms with Crippen LogP contribution in [0.25, 0.3) is 10.9 Å². The number of piperidine rings is 1. The normalized spacial score (nSPS) is 19.9. The molecule has 0 bridgehead atoms. The monoisotopic (exact) mass is 383 g/mol. The molecular weight excluding hydrogens is 357 g/mol. The average molecular weight is 383 g/mol. The lowest BCUT2D eigenvalue weighted by Gasteiger charge is -2.33. The van der Waals surface area contributed by atoms with E-state index in [1.807, 2.05) is 0 Å². The molecule has 1 aromatic heterocycles. The Morgan fingerprint density at radius 1 is 1.25 bits per heavy atom. The summed E-state index contributed by atoms with van der Waals surface area (Å²) in [6, 6.07) is 1.27. The van der Waals surface area contributed by atoms with Crippen molar-refractivity contribution in [2.75, 3.05) is 13.1 Å². The molecule has 0 spiro atoms. The van der Waals surface area contributed by atoms with Gasteiger partial charge in [-0.05, 0) is 56.2 Å². The van der Waals surface area contributed by atoms with Gasteiger partial charge in [-0.25, -0.2) is 4.39 Å². The second kappa shape index (κ2) is 7.41. The maximum Gasteiger partial charge on any atom is 0.250 e. The van der Waals surface area contributed by atoms with E-state index in [0.29, 0.717) is 24.2 Å². The van der Waals surface area contributed by atoms with Crippen LogP contribution in [-0.4, -0.2) is 34.8 Å². The van der Waals surface area contributed by atoms with Crippen molar-refractivity contribution in [2.45, 2.75) is 50.9 Å². The SMILES string of the molecule is C=CC(=O)N1CCCC(c2c(F)cc(C(N)=O)c3[nH]c4c(c23)CCCCC4)C1. The van der Waals surface area contributed by atoms with Gasteiger partial charge in [-0.3, -0.25) is 9.59 Å². The summed E-state index contributed by atoms with van der Waals surface area (Å²) in [5, 5.41) is 0.823. The van der Waals surface area contributed by atoms with Gasteiger partial charge in [0.15, 0.2) is 0 Å². The molecule has 0 radical (unpaired) electrons. The van der Waals surface area contributed by atoms with Crippen LogP contribution < -0.4 is 5.73 Å². The molecule has 5 nitrogen and oxygen atoms in total. The number of amides is 2. The number of carbonyl (C=O) groups is 2. The third kappa shape index (κ3) is 3.11. The third-order valence-corrected chi connectivity index (χ3v) is 6.19. The number of hydrogen-bond acceptors (Lipinski definition) is 2. The van der Waals surface area contributed by atoms with Gasteiger partial charge in [-0.15, -0.1) is 0 Å². The Hall–Kier alpha value is -2.63. The molecule has 2 heterocycles. The molecule has 1 fully saturated rings. The fourth-order valence-electron chi connectivity index (χ4n) is 4.89. The van der Waals surface area contributed by atoms with Gasteiger partial charge >= 0.3 is 0 Å². The molecule has 1 aliphatic carbocycles. The first kappa shape index (κ1) is 18.7. The highest BCUT2D eigenvalue weighted by Gasteiger charge is 2.31. The van der Waals surface area contributed by atoms with Crippen LogP contribution >= 0.6 is 0 Å². The van der Waals surface area contributed by atoms with Crippen molar-refractivity contribution in [1.29, 1.82) is 0 Å². The van der Waals surface area contributed by atoms with Crippen LogP contribution in [0.3, 0.4) is 0 Å². The van der Waals surface area contributed by atoms with Gasteiger partial charge in [0.2, 0.25) is 5.91 Å². The number of hydrogen-bond donors (Lipinski definition) is 2. The zero-order valence-corrected chi connectivity index (χ0v) is 16.0. The number of benzene rings is 1. The fourth-order valence-corrected chi connectivity index (χ4v) is 4.89. The largest absolute Gasteiger partial charge is 0.366 e. The number of nitrogens with two attached hydrogens (primary N) is 1. The van der Waals surface area contributed by atoms with E-state index in [-0.39, 0.29) is 17.4 Å². The first-order valence-electron chi connectivity index (χ1n) is 10.1. The smallest absolute Gasteiger partial charge is 0.250 e. The Bertz CT molecular complexity index is 963. The van der Waals surface area contributed by atoms with E-state index >= 15 is 4.39 Å². The second-order valence-corrected chi connectivity index (χ2v) is 7.90. The average Bonchev–Trinajstić information content (AvgIpc) is 2.88. The number of aromatic amines is 1. The van der Waals surface area contributed by atoms with E-state index in [4.69, 9.17) is 5.73 Å². The summed E-state index contributed by atoms with van der Waals surface area (Å²) < 4.78 is 15.3. The van der Waals surface area contributed by atoms with Crippen molar-refractivity contribution in [1.82, 2.24) is 9.88 Å². The summed E-state index contributed by atoms with van der Waals surface area (Å²) in [6.45, 7) is 4.70. The molecule has 1 aromatic carbocycles. The van der Waals surface area contributed by atoms with E-state index in [2.05, 4.69) is 11.6 Å². The molecule has 148 valence electrons. The summed E-state index contributed by atoms with van der Waals surface area (Å²) in [4.78, 5) is 29.2. The number of nitrogens with one attached hydrogen (secondary N) is 1. The van der Waals surface area contributed by atoms with Gasteiger partial charge in [-0.1, -0.05) is 13.0 Å². The molecule has 1 aliphatic heterocycles. The lowest BCUT2D eigenvalue weighted by atomic mass is 9.85. The Kier molecular flexibility index (Phi) is 4.96. The summed E-state index contributed by atoms with van der Waals surface area (Å²) >= 11 is 0. The van der Waals surface area contributed by atoms with Crippen molar-refractivity contribution in [3.05, 3.63) is 46.9 Å². The first-order valence-corrected chi connectivity index (χ1v) is 10.1. The predicted octanol–water partition coefficient (Wildman–Crippen LogP) is 3.57. The molecule has 4 rings (SSSR count). The number of halogens is 1. The maximum atomic E-state index is 15.3. The Balaban J connectivity index is 1.90. The second-order valence-electron chi connectivity index (χ2n) is 7.90. The van der Waals surface area contributed by atoms with Crippen LogP contribution in [0.2, 0.25) is 0 Å². The van der Waals surface area contributed by atoms with Crippen LogP contribution in [0.1, 0.15) is 65.2 Å². The highest BCUT2D eigenvalue weighted by Crippen LogP contribution is 2.40. The number of H-pyrrole nitrogens is 1. The topological polar surface area (TPSA) is 79.2 Å². The van der Waals surface area contributed by atoms with Crippen LogP contribution in [0.5, 0.6) is 0 Å². The number of rotatable bonds is 3. The van der Waals surface area contributed by atoms with E-state index in [0.717, 1.165) is 61.6 Å². The number of likely N-dealkylation sites (tertiary alicyclic amines) is 1. The summed E-state index contributed by atoms with van der Waals surface area (Å²) in [7, 11) is 0. The van der Waals surface area contributed by atoms with Crippen LogP contribution in [0.4, 0.5) is 4.39 Å². The molecule has 0 saturated carbocycles. The van der Waals surface area contributed by atoms with Crippen molar-refractivity contribution >= 4 is 22.7 Å². The highest BCUT2D eigenvalue weighted by atomic mass is 19.1. The van der Waals surface area contributed by atoms with Gasteiger partial charge in [0, 0.05) is 35.7 Å². The standard InChI is InChI=1S/C22H26FN3O2/c1-2-18(27)26-10-6-7-13(12-26)19-16(23)11-15(22(24)28)21-20(19)14-8-4-3-5-9-17(14)25-21/h2,11,13,25H,1,3-10,12H2,(H2,24,28). The molecule has 1 saturated heterocycles. The molecule has 6 heteroatoms. The number of carbonyl (C=O) groups excluding carboxylic acids is 2. The van der Waals surface area contributed by atoms with E-state index < -0.39 is 11.7 Å².